The average molecular weight is 550 g/mol. The Morgan fingerprint density at radius 3 is 2.38 bits per heavy atom. The minimum absolute atomic E-state index is 0.0983. The van der Waals surface area contributed by atoms with Gasteiger partial charge in [0.25, 0.3) is 15.9 Å². The SMILES string of the molecule is COc1ccc(S(=O)(=O)N(CC(=O)N/N=C\c2ccccc2Br)c2ccc(F)cc2)cc1OC. The summed E-state index contributed by atoms with van der Waals surface area (Å²) in [6, 6.07) is 16.0. The molecule has 0 aliphatic carbocycles. The molecule has 0 bridgehead atoms. The molecule has 34 heavy (non-hydrogen) atoms. The summed E-state index contributed by atoms with van der Waals surface area (Å²) in [6.45, 7) is -0.602. The molecule has 8 nitrogen and oxygen atoms in total. The summed E-state index contributed by atoms with van der Waals surface area (Å²) in [5.41, 5.74) is 3.14. The standard InChI is InChI=1S/C23H21BrFN3O5S/c1-32-21-12-11-19(13-22(21)33-2)34(30,31)28(18-9-7-17(25)8-10-18)15-23(29)27-26-14-16-5-3-4-6-20(16)24/h3-14H,15H2,1-2H3,(H,27,29)/b26-14-. The molecule has 3 aromatic carbocycles. The van der Waals surface area contributed by atoms with Gasteiger partial charge in [-0.05, 0) is 42.5 Å². The van der Waals surface area contributed by atoms with Gasteiger partial charge in [-0.3, -0.25) is 9.10 Å². The second kappa shape index (κ2) is 11.1. The molecule has 3 rings (SSSR count). The van der Waals surface area contributed by atoms with Gasteiger partial charge in [0, 0.05) is 16.1 Å². The minimum Gasteiger partial charge on any atom is -0.493 e. The first-order valence-corrected chi connectivity index (χ1v) is 12.1. The Labute approximate surface area is 205 Å². The van der Waals surface area contributed by atoms with Crippen LogP contribution in [0.5, 0.6) is 11.5 Å². The van der Waals surface area contributed by atoms with E-state index in [1.165, 1.54) is 50.8 Å². The molecule has 0 fully saturated rings. The number of hydrogen-bond acceptors (Lipinski definition) is 6. The number of ether oxygens (including phenoxy) is 2. The Hall–Kier alpha value is -3.44. The van der Waals surface area contributed by atoms with E-state index in [0.29, 0.717) is 5.75 Å². The third-order valence-corrected chi connectivity index (χ3v) is 7.13. The van der Waals surface area contributed by atoms with E-state index in [1.807, 2.05) is 12.1 Å². The number of benzene rings is 3. The van der Waals surface area contributed by atoms with Crippen molar-refractivity contribution in [3.63, 3.8) is 0 Å². The van der Waals surface area contributed by atoms with Gasteiger partial charge >= 0.3 is 0 Å². The van der Waals surface area contributed by atoms with Crippen LogP contribution in [0.3, 0.4) is 0 Å². The summed E-state index contributed by atoms with van der Waals surface area (Å²) < 4.78 is 52.4. The van der Waals surface area contributed by atoms with Gasteiger partial charge in [-0.15, -0.1) is 0 Å². The number of amides is 1. The highest BCUT2D eigenvalue weighted by atomic mass is 79.9. The summed E-state index contributed by atoms with van der Waals surface area (Å²) >= 11 is 3.37. The summed E-state index contributed by atoms with van der Waals surface area (Å²) in [5.74, 6) is -0.703. The normalized spacial score (nSPS) is 11.3. The van der Waals surface area contributed by atoms with Crippen LogP contribution in [-0.4, -0.2) is 41.3 Å². The zero-order valence-corrected chi connectivity index (χ0v) is 20.6. The fourth-order valence-corrected chi connectivity index (χ4v) is 4.77. The molecule has 0 radical (unpaired) electrons. The molecule has 0 atom stereocenters. The van der Waals surface area contributed by atoms with Crippen LogP contribution < -0.4 is 19.2 Å². The molecule has 0 aromatic heterocycles. The lowest BCUT2D eigenvalue weighted by molar-refractivity contribution is -0.119. The van der Waals surface area contributed by atoms with Crippen LogP contribution in [0.1, 0.15) is 5.56 Å². The summed E-state index contributed by atoms with van der Waals surface area (Å²) in [4.78, 5) is 12.5. The Bertz CT molecular complexity index is 1300. The average Bonchev–Trinajstić information content (AvgIpc) is 2.83. The van der Waals surface area contributed by atoms with Crippen molar-refractivity contribution < 1.29 is 27.1 Å². The Balaban J connectivity index is 1.90. The number of carbonyl (C=O) groups excluding carboxylic acids is 1. The second-order valence-electron chi connectivity index (χ2n) is 6.82. The van der Waals surface area contributed by atoms with Crippen LogP contribution in [0.15, 0.2) is 81.2 Å². The maximum absolute atomic E-state index is 13.5. The molecular weight excluding hydrogens is 529 g/mol. The van der Waals surface area contributed by atoms with Crippen molar-refractivity contribution in [1.29, 1.82) is 0 Å². The van der Waals surface area contributed by atoms with Crippen molar-refractivity contribution >= 4 is 43.8 Å². The third kappa shape index (κ3) is 5.91. The van der Waals surface area contributed by atoms with Gasteiger partial charge in [0.15, 0.2) is 11.5 Å². The molecule has 1 N–H and O–H groups in total. The lowest BCUT2D eigenvalue weighted by Crippen LogP contribution is -2.39. The van der Waals surface area contributed by atoms with Crippen molar-refractivity contribution in [1.82, 2.24) is 5.43 Å². The number of halogens is 2. The van der Waals surface area contributed by atoms with E-state index < -0.39 is 28.3 Å². The van der Waals surface area contributed by atoms with Crippen LogP contribution >= 0.6 is 15.9 Å². The summed E-state index contributed by atoms with van der Waals surface area (Å²) in [5, 5.41) is 3.90. The molecule has 11 heteroatoms. The lowest BCUT2D eigenvalue weighted by atomic mass is 10.2. The number of sulfonamides is 1. The number of hydrazone groups is 1. The number of nitrogens with zero attached hydrogens (tertiary/aromatic N) is 2. The third-order valence-electron chi connectivity index (χ3n) is 4.64. The van der Waals surface area contributed by atoms with Gasteiger partial charge in [-0.2, -0.15) is 5.10 Å². The number of methoxy groups -OCH3 is 2. The van der Waals surface area contributed by atoms with E-state index in [0.717, 1.165) is 26.5 Å². The zero-order chi connectivity index (χ0) is 24.7. The van der Waals surface area contributed by atoms with E-state index in [4.69, 9.17) is 9.47 Å². The molecule has 0 saturated heterocycles. The number of nitrogens with one attached hydrogen (secondary N) is 1. The van der Waals surface area contributed by atoms with Gasteiger partial charge in [0.1, 0.15) is 12.4 Å². The monoisotopic (exact) mass is 549 g/mol. The van der Waals surface area contributed by atoms with E-state index in [9.17, 15) is 17.6 Å². The van der Waals surface area contributed by atoms with E-state index in [1.54, 1.807) is 12.1 Å². The van der Waals surface area contributed by atoms with Crippen LogP contribution in [-0.2, 0) is 14.8 Å². The molecule has 0 heterocycles. The highest BCUT2D eigenvalue weighted by Crippen LogP contribution is 2.32. The topological polar surface area (TPSA) is 97.3 Å². The van der Waals surface area contributed by atoms with Gasteiger partial charge < -0.3 is 9.47 Å². The number of anilines is 1. The second-order valence-corrected chi connectivity index (χ2v) is 9.54. The Morgan fingerprint density at radius 2 is 1.74 bits per heavy atom. The zero-order valence-electron chi connectivity index (χ0n) is 18.2. The predicted octanol–water partition coefficient (Wildman–Crippen LogP) is 3.95. The van der Waals surface area contributed by atoms with Gasteiger partial charge in [-0.1, -0.05) is 34.1 Å². The first kappa shape index (κ1) is 25.2. The van der Waals surface area contributed by atoms with Crippen molar-refractivity contribution in [3.8, 4) is 11.5 Å². The van der Waals surface area contributed by atoms with E-state index in [2.05, 4.69) is 26.5 Å². The van der Waals surface area contributed by atoms with E-state index in [-0.39, 0.29) is 16.3 Å². The Morgan fingerprint density at radius 1 is 1.06 bits per heavy atom. The van der Waals surface area contributed by atoms with Crippen LogP contribution in [0.2, 0.25) is 0 Å². The fraction of sp³-hybridized carbons (Fsp3) is 0.130. The van der Waals surface area contributed by atoms with Crippen molar-refractivity contribution in [2.45, 2.75) is 4.90 Å². The summed E-state index contributed by atoms with van der Waals surface area (Å²) in [7, 11) is -1.44. The van der Waals surface area contributed by atoms with Crippen molar-refractivity contribution in [3.05, 3.63) is 82.6 Å². The number of hydrogen-bond donors (Lipinski definition) is 1. The molecule has 0 spiro atoms. The highest BCUT2D eigenvalue weighted by Gasteiger charge is 2.28. The van der Waals surface area contributed by atoms with Gasteiger partial charge in [-0.25, -0.2) is 18.2 Å². The maximum atomic E-state index is 13.5. The fourth-order valence-electron chi connectivity index (χ4n) is 2.95. The molecule has 0 unspecified atom stereocenters. The first-order valence-electron chi connectivity index (χ1n) is 9.83. The van der Waals surface area contributed by atoms with Crippen LogP contribution in [0.25, 0.3) is 0 Å². The van der Waals surface area contributed by atoms with Crippen molar-refractivity contribution in [2.75, 3.05) is 25.1 Å². The maximum Gasteiger partial charge on any atom is 0.264 e. The molecule has 1 amide bonds. The van der Waals surface area contributed by atoms with Crippen LogP contribution in [0.4, 0.5) is 10.1 Å². The largest absolute Gasteiger partial charge is 0.493 e. The molecule has 0 aliphatic heterocycles. The van der Waals surface area contributed by atoms with Gasteiger partial charge in [0.05, 0.1) is 31.0 Å². The number of carbonyl (C=O) groups is 1. The van der Waals surface area contributed by atoms with E-state index >= 15 is 0 Å². The molecule has 3 aromatic rings. The predicted molar refractivity (Wildman–Crippen MR) is 130 cm³/mol. The molecule has 0 saturated carbocycles. The van der Waals surface area contributed by atoms with Gasteiger partial charge in [0.2, 0.25) is 0 Å². The van der Waals surface area contributed by atoms with Crippen LogP contribution in [0, 0.1) is 5.82 Å². The molecule has 178 valence electrons. The summed E-state index contributed by atoms with van der Waals surface area (Å²) in [6.07, 6.45) is 1.42. The molecule has 0 aliphatic rings. The lowest BCUT2D eigenvalue weighted by Gasteiger charge is -2.24. The highest BCUT2D eigenvalue weighted by molar-refractivity contribution is 9.10. The number of rotatable bonds is 9. The molecular formula is C23H21BrFN3O5S. The quantitative estimate of drug-likeness (QED) is 0.322. The minimum atomic E-state index is -4.25. The van der Waals surface area contributed by atoms with Crippen molar-refractivity contribution in [2.24, 2.45) is 5.10 Å². The first-order chi connectivity index (χ1) is 16.3. The smallest absolute Gasteiger partial charge is 0.264 e. The Kier molecular flexibility index (Phi) is 8.24.